The van der Waals surface area contributed by atoms with Crippen molar-refractivity contribution in [1.29, 1.82) is 0 Å². The highest BCUT2D eigenvalue weighted by atomic mass is 19.1. The van der Waals surface area contributed by atoms with Gasteiger partial charge in [-0.2, -0.15) is 0 Å². The van der Waals surface area contributed by atoms with Crippen LogP contribution in [0.5, 0.6) is 5.75 Å². The first-order valence-corrected chi connectivity index (χ1v) is 14.4. The van der Waals surface area contributed by atoms with Gasteiger partial charge in [0, 0.05) is 36.0 Å². The summed E-state index contributed by atoms with van der Waals surface area (Å²) in [5.41, 5.74) is 1.27. The van der Waals surface area contributed by atoms with E-state index in [1.54, 1.807) is 17.1 Å². The van der Waals surface area contributed by atoms with Crippen LogP contribution in [0.15, 0.2) is 66.7 Å². The van der Waals surface area contributed by atoms with Crippen LogP contribution in [-0.2, 0) is 9.53 Å². The van der Waals surface area contributed by atoms with Gasteiger partial charge in [0.1, 0.15) is 18.5 Å². The molecule has 5 rings (SSSR count). The van der Waals surface area contributed by atoms with Crippen LogP contribution in [0.3, 0.4) is 0 Å². The highest BCUT2D eigenvalue weighted by Gasteiger charge is 2.31. The SMILES string of the molecule is CCOC(=O)C1CCN(CCOc2ccc(N(C(=O)c3ccccc3)N3CCCC(F)C3)c3ccccc23)CC1. The molecule has 8 heteroatoms. The van der Waals surface area contributed by atoms with Gasteiger partial charge in [-0.25, -0.2) is 14.4 Å². The van der Waals surface area contributed by atoms with Crippen LogP contribution in [-0.4, -0.2) is 73.9 Å². The van der Waals surface area contributed by atoms with Crippen LogP contribution in [0.25, 0.3) is 10.8 Å². The molecular formula is C32H38FN3O4. The van der Waals surface area contributed by atoms with Gasteiger partial charge in [0.05, 0.1) is 18.2 Å². The van der Waals surface area contributed by atoms with Crippen molar-refractivity contribution in [2.75, 3.05) is 50.9 Å². The third-order valence-corrected chi connectivity index (χ3v) is 7.80. The molecule has 0 spiro atoms. The Balaban J connectivity index is 1.33. The maximum Gasteiger partial charge on any atom is 0.309 e. The lowest BCUT2D eigenvalue weighted by atomic mass is 9.97. The molecule has 0 bridgehead atoms. The lowest BCUT2D eigenvalue weighted by molar-refractivity contribution is -0.149. The fourth-order valence-corrected chi connectivity index (χ4v) is 5.68. The minimum absolute atomic E-state index is 0.0114. The monoisotopic (exact) mass is 547 g/mol. The van der Waals surface area contributed by atoms with Crippen molar-refractivity contribution in [3.63, 3.8) is 0 Å². The molecule has 2 fully saturated rings. The molecule has 2 heterocycles. The first-order chi connectivity index (χ1) is 19.5. The van der Waals surface area contributed by atoms with E-state index in [1.165, 1.54) is 0 Å². The third kappa shape index (κ3) is 6.45. The minimum atomic E-state index is -0.976. The molecule has 0 aliphatic carbocycles. The number of hydrogen-bond donors (Lipinski definition) is 0. The van der Waals surface area contributed by atoms with Crippen molar-refractivity contribution in [2.24, 2.45) is 5.92 Å². The Morgan fingerprint density at radius 2 is 1.65 bits per heavy atom. The van der Waals surface area contributed by atoms with Crippen LogP contribution in [0, 0.1) is 5.92 Å². The average Bonchev–Trinajstić information content (AvgIpc) is 2.99. The predicted molar refractivity (Wildman–Crippen MR) is 154 cm³/mol. The molecule has 1 amide bonds. The molecular weight excluding hydrogens is 509 g/mol. The predicted octanol–water partition coefficient (Wildman–Crippen LogP) is 5.49. The number of hydrogen-bond acceptors (Lipinski definition) is 6. The summed E-state index contributed by atoms with van der Waals surface area (Å²) in [5, 5.41) is 5.27. The van der Waals surface area contributed by atoms with E-state index >= 15 is 0 Å². The van der Waals surface area contributed by atoms with Crippen molar-refractivity contribution < 1.29 is 23.5 Å². The van der Waals surface area contributed by atoms with E-state index in [0.29, 0.717) is 43.9 Å². The number of benzene rings is 3. The molecule has 212 valence electrons. The van der Waals surface area contributed by atoms with Gasteiger partial charge >= 0.3 is 5.97 Å². The van der Waals surface area contributed by atoms with E-state index < -0.39 is 6.17 Å². The number of carbonyl (C=O) groups excluding carboxylic acids is 2. The topological polar surface area (TPSA) is 62.3 Å². The zero-order valence-corrected chi connectivity index (χ0v) is 23.1. The van der Waals surface area contributed by atoms with Gasteiger partial charge in [-0.15, -0.1) is 0 Å². The Bertz CT molecular complexity index is 1300. The maximum atomic E-state index is 14.5. The summed E-state index contributed by atoms with van der Waals surface area (Å²) in [7, 11) is 0. The second-order valence-corrected chi connectivity index (χ2v) is 10.5. The van der Waals surface area contributed by atoms with Gasteiger partial charge < -0.3 is 9.47 Å². The second-order valence-electron chi connectivity index (χ2n) is 10.5. The number of esters is 1. The first kappa shape index (κ1) is 28.1. The zero-order chi connectivity index (χ0) is 27.9. The number of hydrazine groups is 1. The summed E-state index contributed by atoms with van der Waals surface area (Å²) in [6.45, 7) is 6.00. The van der Waals surface area contributed by atoms with Gasteiger partial charge in [0.2, 0.25) is 0 Å². The van der Waals surface area contributed by atoms with E-state index in [4.69, 9.17) is 9.47 Å². The summed E-state index contributed by atoms with van der Waals surface area (Å²) in [4.78, 5) is 28.2. The van der Waals surface area contributed by atoms with Gasteiger partial charge in [-0.05, 0) is 70.0 Å². The fraction of sp³-hybridized carbons (Fsp3) is 0.438. The molecule has 2 aliphatic heterocycles. The van der Waals surface area contributed by atoms with Crippen molar-refractivity contribution in [1.82, 2.24) is 9.91 Å². The number of rotatable bonds is 9. The summed E-state index contributed by atoms with van der Waals surface area (Å²) in [5.74, 6) is 0.466. The molecule has 7 nitrogen and oxygen atoms in total. The average molecular weight is 548 g/mol. The number of nitrogens with zero attached hydrogens (tertiary/aromatic N) is 3. The van der Waals surface area contributed by atoms with E-state index in [2.05, 4.69) is 4.90 Å². The standard InChI is InChI=1S/C32H38FN3O4/c1-2-39-32(38)25-16-19-34(20-17-25)21-22-40-30-15-14-29(27-12-6-7-13-28(27)30)36(35-18-8-11-26(33)23-35)31(37)24-9-4-3-5-10-24/h3-7,9-10,12-15,25-26H,2,8,11,16-23H2,1H3. The summed E-state index contributed by atoms with van der Waals surface area (Å²) in [6.07, 6.45) is 1.83. The lowest BCUT2D eigenvalue weighted by Gasteiger charge is -2.39. The number of likely N-dealkylation sites (tertiary alicyclic amines) is 1. The molecule has 0 aromatic heterocycles. The Hall–Kier alpha value is -3.49. The van der Waals surface area contributed by atoms with E-state index in [-0.39, 0.29) is 24.3 Å². The molecule has 3 aromatic rings. The fourth-order valence-electron chi connectivity index (χ4n) is 5.68. The number of anilines is 1. The largest absolute Gasteiger partial charge is 0.492 e. The van der Waals surface area contributed by atoms with Crippen LogP contribution >= 0.6 is 0 Å². The smallest absolute Gasteiger partial charge is 0.309 e. The normalized spacial score (nSPS) is 18.9. The van der Waals surface area contributed by atoms with Crippen molar-refractivity contribution >= 4 is 28.3 Å². The van der Waals surface area contributed by atoms with Gasteiger partial charge in [0.15, 0.2) is 0 Å². The number of amides is 1. The van der Waals surface area contributed by atoms with E-state index in [1.807, 2.05) is 66.5 Å². The Labute approximate surface area is 235 Å². The number of carbonyl (C=O) groups is 2. The first-order valence-electron chi connectivity index (χ1n) is 14.4. The summed E-state index contributed by atoms with van der Waals surface area (Å²) in [6, 6.07) is 20.9. The number of ether oxygens (including phenoxy) is 2. The molecule has 1 atom stereocenters. The van der Waals surface area contributed by atoms with Gasteiger partial charge in [-0.1, -0.05) is 42.5 Å². The van der Waals surface area contributed by atoms with Crippen molar-refractivity contribution in [2.45, 2.75) is 38.8 Å². The zero-order valence-electron chi connectivity index (χ0n) is 23.1. The van der Waals surface area contributed by atoms with Gasteiger partial charge in [0.25, 0.3) is 5.91 Å². The number of piperidine rings is 2. The highest BCUT2D eigenvalue weighted by molar-refractivity contribution is 6.11. The Kier molecular flexibility index (Phi) is 9.29. The van der Waals surface area contributed by atoms with E-state index in [0.717, 1.165) is 49.0 Å². The highest BCUT2D eigenvalue weighted by Crippen LogP contribution is 2.36. The molecule has 0 N–H and O–H groups in total. The minimum Gasteiger partial charge on any atom is -0.492 e. The van der Waals surface area contributed by atoms with Crippen LogP contribution in [0.4, 0.5) is 10.1 Å². The third-order valence-electron chi connectivity index (χ3n) is 7.80. The second kappa shape index (κ2) is 13.2. The molecule has 1 unspecified atom stereocenters. The Morgan fingerprint density at radius 3 is 2.38 bits per heavy atom. The molecule has 0 saturated carbocycles. The maximum absolute atomic E-state index is 14.5. The summed E-state index contributed by atoms with van der Waals surface area (Å²) < 4.78 is 26.0. The molecule has 3 aromatic carbocycles. The van der Waals surface area contributed by atoms with E-state index in [9.17, 15) is 14.0 Å². The quantitative estimate of drug-likeness (QED) is 0.330. The molecule has 2 saturated heterocycles. The molecule has 2 aliphatic rings. The Morgan fingerprint density at radius 1 is 0.925 bits per heavy atom. The number of fused-ring (bicyclic) bond motifs is 1. The van der Waals surface area contributed by atoms with Gasteiger partial charge in [-0.3, -0.25) is 14.5 Å². The summed E-state index contributed by atoms with van der Waals surface area (Å²) >= 11 is 0. The van der Waals surface area contributed by atoms with Crippen LogP contribution in [0.2, 0.25) is 0 Å². The molecule has 0 radical (unpaired) electrons. The van der Waals surface area contributed by atoms with Crippen LogP contribution < -0.4 is 9.75 Å². The van der Waals surface area contributed by atoms with Crippen molar-refractivity contribution in [3.8, 4) is 5.75 Å². The van der Waals surface area contributed by atoms with Crippen LogP contribution in [0.1, 0.15) is 43.0 Å². The number of halogens is 1. The van der Waals surface area contributed by atoms with Crippen molar-refractivity contribution in [3.05, 3.63) is 72.3 Å². The lowest BCUT2D eigenvalue weighted by Crippen LogP contribution is -2.52. The molecule has 40 heavy (non-hydrogen) atoms. The number of alkyl halides is 1.